The first-order valence-corrected chi connectivity index (χ1v) is 7.69. The van der Waals surface area contributed by atoms with Gasteiger partial charge < -0.3 is 4.90 Å². The van der Waals surface area contributed by atoms with Gasteiger partial charge in [0.25, 0.3) is 0 Å². The normalized spacial score (nSPS) is 20.0. The summed E-state index contributed by atoms with van der Waals surface area (Å²) in [6.07, 6.45) is 1.61. The summed E-state index contributed by atoms with van der Waals surface area (Å²) < 4.78 is 1.13. The van der Waals surface area contributed by atoms with Crippen LogP contribution >= 0.6 is 31.9 Å². The van der Waals surface area contributed by atoms with E-state index < -0.39 is 0 Å². The number of nitrogens with zero attached hydrogens (tertiary/aromatic N) is 1. The van der Waals surface area contributed by atoms with Crippen LogP contribution in [0.3, 0.4) is 0 Å². The average Bonchev–Trinajstić information content (AvgIpc) is 2.69. The first-order chi connectivity index (χ1) is 8.20. The highest BCUT2D eigenvalue weighted by molar-refractivity contribution is 9.10. The van der Waals surface area contributed by atoms with Gasteiger partial charge in [0.05, 0.1) is 0 Å². The van der Waals surface area contributed by atoms with Gasteiger partial charge in [0.15, 0.2) is 0 Å². The van der Waals surface area contributed by atoms with Crippen LogP contribution in [0.5, 0.6) is 0 Å². The molecule has 92 valence electrons. The molecule has 0 N–H and O–H groups in total. The van der Waals surface area contributed by atoms with Gasteiger partial charge in [0.2, 0.25) is 5.91 Å². The van der Waals surface area contributed by atoms with Crippen molar-refractivity contribution in [1.29, 1.82) is 0 Å². The number of halogens is 2. The van der Waals surface area contributed by atoms with Crippen molar-refractivity contribution in [3.63, 3.8) is 0 Å². The van der Waals surface area contributed by atoms with Crippen LogP contribution in [-0.2, 0) is 11.2 Å². The monoisotopic (exact) mass is 359 g/mol. The van der Waals surface area contributed by atoms with E-state index in [0.29, 0.717) is 18.2 Å². The lowest BCUT2D eigenvalue weighted by Crippen LogP contribution is -2.27. The molecule has 0 radical (unpaired) electrons. The van der Waals surface area contributed by atoms with E-state index in [9.17, 15) is 4.79 Å². The van der Waals surface area contributed by atoms with Crippen molar-refractivity contribution in [2.75, 3.05) is 18.4 Å². The summed E-state index contributed by atoms with van der Waals surface area (Å²) >= 11 is 6.99. The van der Waals surface area contributed by atoms with Crippen molar-refractivity contribution in [2.24, 2.45) is 5.92 Å². The van der Waals surface area contributed by atoms with Gasteiger partial charge in [-0.05, 0) is 24.0 Å². The summed E-state index contributed by atoms with van der Waals surface area (Å²) in [5.41, 5.74) is 1.27. The molecule has 4 heteroatoms. The zero-order valence-corrected chi connectivity index (χ0v) is 12.7. The Kier molecular flexibility index (Phi) is 4.62. The van der Waals surface area contributed by atoms with E-state index in [2.05, 4.69) is 37.9 Å². The molecule has 1 atom stereocenters. The molecule has 0 saturated carbocycles. The Labute approximate surface area is 119 Å². The van der Waals surface area contributed by atoms with Crippen LogP contribution in [0.15, 0.2) is 28.7 Å². The quantitative estimate of drug-likeness (QED) is 0.755. The minimum absolute atomic E-state index is 0.293. The number of carbonyl (C=O) groups excluding carboxylic acids is 1. The van der Waals surface area contributed by atoms with Gasteiger partial charge in [-0.2, -0.15) is 0 Å². The summed E-state index contributed by atoms with van der Waals surface area (Å²) in [7, 11) is 0. The molecule has 1 unspecified atom stereocenters. The Morgan fingerprint density at radius 2 is 2.12 bits per heavy atom. The maximum Gasteiger partial charge on any atom is 0.222 e. The molecule has 0 aromatic heterocycles. The van der Waals surface area contributed by atoms with Crippen LogP contribution in [0.25, 0.3) is 0 Å². The first-order valence-electron chi connectivity index (χ1n) is 5.78. The van der Waals surface area contributed by atoms with E-state index in [1.165, 1.54) is 5.56 Å². The third kappa shape index (κ3) is 3.32. The van der Waals surface area contributed by atoms with Gasteiger partial charge in [0, 0.05) is 29.3 Å². The summed E-state index contributed by atoms with van der Waals surface area (Å²) in [6, 6.07) is 8.19. The lowest BCUT2D eigenvalue weighted by Gasteiger charge is -2.16. The van der Waals surface area contributed by atoms with Crippen molar-refractivity contribution in [1.82, 2.24) is 4.90 Å². The number of hydrogen-bond donors (Lipinski definition) is 0. The summed E-state index contributed by atoms with van der Waals surface area (Å²) in [5.74, 6) is 0.781. The minimum atomic E-state index is 0.293. The van der Waals surface area contributed by atoms with Crippen molar-refractivity contribution >= 4 is 37.8 Å². The van der Waals surface area contributed by atoms with Crippen LogP contribution in [0.1, 0.15) is 12.0 Å². The third-order valence-corrected chi connectivity index (χ3v) is 4.81. The zero-order chi connectivity index (χ0) is 12.3. The number of carbonyl (C=O) groups is 1. The van der Waals surface area contributed by atoms with E-state index in [1.807, 2.05) is 23.1 Å². The fourth-order valence-corrected chi connectivity index (χ4v) is 3.05. The highest BCUT2D eigenvalue weighted by Crippen LogP contribution is 2.21. The number of amides is 1. The standard InChI is InChI=1S/C13H15Br2NO/c14-8-10-7-13(17)16(9-10)6-5-11-3-1-2-4-12(11)15/h1-4,10H,5-9H2. The van der Waals surface area contributed by atoms with Crippen molar-refractivity contribution < 1.29 is 4.79 Å². The molecule has 0 aliphatic carbocycles. The van der Waals surface area contributed by atoms with Crippen LogP contribution in [0.2, 0.25) is 0 Å². The zero-order valence-electron chi connectivity index (χ0n) is 9.53. The Hall–Kier alpha value is -0.350. The summed E-state index contributed by atoms with van der Waals surface area (Å²) in [4.78, 5) is 13.7. The molecular formula is C13H15Br2NO. The highest BCUT2D eigenvalue weighted by atomic mass is 79.9. The Bertz CT molecular complexity index is 408. The van der Waals surface area contributed by atoms with Crippen molar-refractivity contribution in [3.8, 4) is 0 Å². The number of likely N-dealkylation sites (tertiary alicyclic amines) is 1. The van der Waals surface area contributed by atoms with E-state index in [1.54, 1.807) is 0 Å². The topological polar surface area (TPSA) is 20.3 Å². The van der Waals surface area contributed by atoms with E-state index in [4.69, 9.17) is 0 Å². The molecular weight excluding hydrogens is 346 g/mol. The fourth-order valence-electron chi connectivity index (χ4n) is 2.13. The maximum absolute atomic E-state index is 11.7. The van der Waals surface area contributed by atoms with Gasteiger partial charge in [-0.25, -0.2) is 0 Å². The number of benzene rings is 1. The molecule has 1 heterocycles. The second kappa shape index (κ2) is 6.01. The lowest BCUT2D eigenvalue weighted by atomic mass is 10.1. The van der Waals surface area contributed by atoms with Crippen molar-refractivity contribution in [3.05, 3.63) is 34.3 Å². The van der Waals surface area contributed by atoms with Gasteiger partial charge in [0.1, 0.15) is 0 Å². The van der Waals surface area contributed by atoms with E-state index in [-0.39, 0.29) is 0 Å². The SMILES string of the molecule is O=C1CC(CBr)CN1CCc1ccccc1Br. The molecule has 1 aromatic rings. The molecule has 2 nitrogen and oxygen atoms in total. The summed E-state index contributed by atoms with van der Waals surface area (Å²) in [6.45, 7) is 1.72. The maximum atomic E-state index is 11.7. The van der Waals surface area contributed by atoms with Gasteiger partial charge in [-0.1, -0.05) is 50.1 Å². The van der Waals surface area contributed by atoms with Crippen LogP contribution in [-0.4, -0.2) is 29.2 Å². The fraction of sp³-hybridized carbons (Fsp3) is 0.462. The largest absolute Gasteiger partial charge is 0.342 e. The second-order valence-corrected chi connectivity index (χ2v) is 5.91. The third-order valence-electron chi connectivity index (χ3n) is 3.12. The van der Waals surface area contributed by atoms with Gasteiger partial charge in [-0.3, -0.25) is 4.79 Å². The smallest absolute Gasteiger partial charge is 0.222 e. The van der Waals surface area contributed by atoms with Crippen LogP contribution < -0.4 is 0 Å². The Morgan fingerprint density at radius 1 is 1.35 bits per heavy atom. The molecule has 0 bridgehead atoms. The molecule has 0 spiro atoms. The van der Waals surface area contributed by atoms with Gasteiger partial charge >= 0.3 is 0 Å². The average molecular weight is 361 g/mol. The Balaban J connectivity index is 1.91. The molecule has 1 saturated heterocycles. The molecule has 1 amide bonds. The van der Waals surface area contributed by atoms with Crippen LogP contribution in [0, 0.1) is 5.92 Å². The minimum Gasteiger partial charge on any atom is -0.342 e. The Morgan fingerprint density at radius 3 is 2.76 bits per heavy atom. The number of rotatable bonds is 4. The molecule has 1 aliphatic heterocycles. The summed E-state index contributed by atoms with van der Waals surface area (Å²) in [5, 5.41) is 0.921. The number of hydrogen-bond acceptors (Lipinski definition) is 1. The predicted molar refractivity (Wildman–Crippen MR) is 76.3 cm³/mol. The van der Waals surface area contributed by atoms with E-state index >= 15 is 0 Å². The predicted octanol–water partition coefficient (Wildman–Crippen LogP) is 3.24. The molecule has 2 rings (SSSR count). The first kappa shape index (κ1) is 13.1. The van der Waals surface area contributed by atoms with Crippen molar-refractivity contribution in [2.45, 2.75) is 12.8 Å². The highest BCUT2D eigenvalue weighted by Gasteiger charge is 2.28. The van der Waals surface area contributed by atoms with Crippen LogP contribution in [0.4, 0.5) is 0 Å². The van der Waals surface area contributed by atoms with Gasteiger partial charge in [-0.15, -0.1) is 0 Å². The molecule has 1 aromatic carbocycles. The lowest BCUT2D eigenvalue weighted by molar-refractivity contribution is -0.127. The molecule has 1 fully saturated rings. The second-order valence-electron chi connectivity index (χ2n) is 4.41. The van der Waals surface area contributed by atoms with E-state index in [0.717, 1.165) is 29.3 Å². The molecule has 17 heavy (non-hydrogen) atoms. The number of alkyl halides is 1. The molecule has 1 aliphatic rings.